The van der Waals surface area contributed by atoms with Crippen molar-refractivity contribution in [1.29, 1.82) is 0 Å². The molecule has 2 heterocycles. The molecule has 0 bridgehead atoms. The van der Waals surface area contributed by atoms with Crippen molar-refractivity contribution in [2.24, 2.45) is 0 Å². The minimum Gasteiger partial charge on any atom is -0.489 e. The molecular weight excluding hydrogens is 483 g/mol. The highest BCUT2D eigenvalue weighted by Gasteiger charge is 2.31. The van der Waals surface area contributed by atoms with E-state index in [1.807, 2.05) is 30.3 Å². The van der Waals surface area contributed by atoms with Crippen molar-refractivity contribution < 1.29 is 27.4 Å². The number of benzene rings is 2. The van der Waals surface area contributed by atoms with Crippen LogP contribution in [-0.2, 0) is 15.7 Å². The maximum atomic E-state index is 13.2. The highest BCUT2D eigenvalue weighted by Crippen LogP contribution is 2.35. The lowest BCUT2D eigenvalue weighted by atomic mass is 10.1. The van der Waals surface area contributed by atoms with Crippen LogP contribution in [0.15, 0.2) is 66.1 Å². The van der Waals surface area contributed by atoms with Crippen LogP contribution < -0.4 is 10.1 Å². The number of alkyl halides is 3. The second kappa shape index (κ2) is 10.7. The lowest BCUT2D eigenvalue weighted by Crippen LogP contribution is -2.17. The SMILES string of the molecule is COCCOc1ccc(C(F)(F)F)cc1NC(=O)CSc1ncnc2c1cnn2-c1ccccc1. The summed E-state index contributed by atoms with van der Waals surface area (Å²) < 4.78 is 51.6. The van der Waals surface area contributed by atoms with E-state index in [0.29, 0.717) is 16.1 Å². The van der Waals surface area contributed by atoms with E-state index >= 15 is 0 Å². The summed E-state index contributed by atoms with van der Waals surface area (Å²) in [5.74, 6) is -0.508. The first-order chi connectivity index (χ1) is 16.9. The lowest BCUT2D eigenvalue weighted by Gasteiger charge is -2.15. The molecule has 8 nitrogen and oxygen atoms in total. The van der Waals surface area contributed by atoms with E-state index in [9.17, 15) is 18.0 Å². The van der Waals surface area contributed by atoms with Gasteiger partial charge in [-0.15, -0.1) is 0 Å². The van der Waals surface area contributed by atoms with E-state index in [1.165, 1.54) is 19.5 Å². The Balaban J connectivity index is 1.50. The number of carbonyl (C=O) groups excluding carboxylic acids is 1. The number of methoxy groups -OCH3 is 1. The number of aromatic nitrogens is 4. The Kier molecular flexibility index (Phi) is 7.51. The van der Waals surface area contributed by atoms with Crippen molar-refractivity contribution in [3.05, 3.63) is 66.6 Å². The Labute approximate surface area is 202 Å². The molecule has 1 N–H and O–H groups in total. The summed E-state index contributed by atoms with van der Waals surface area (Å²) in [7, 11) is 1.48. The van der Waals surface area contributed by atoms with E-state index in [-0.39, 0.29) is 30.4 Å². The van der Waals surface area contributed by atoms with E-state index in [4.69, 9.17) is 9.47 Å². The fraction of sp³-hybridized carbons (Fsp3) is 0.217. The van der Waals surface area contributed by atoms with E-state index < -0.39 is 17.6 Å². The zero-order valence-corrected chi connectivity index (χ0v) is 19.3. The number of hydrogen-bond acceptors (Lipinski definition) is 7. The zero-order chi connectivity index (χ0) is 24.8. The number of ether oxygens (including phenoxy) is 2. The molecule has 2 aromatic heterocycles. The number of rotatable bonds is 9. The van der Waals surface area contributed by atoms with E-state index in [2.05, 4.69) is 20.4 Å². The van der Waals surface area contributed by atoms with Gasteiger partial charge in [0, 0.05) is 7.11 Å². The molecule has 4 aromatic rings. The minimum absolute atomic E-state index is 0.0775. The van der Waals surface area contributed by atoms with Crippen molar-refractivity contribution >= 4 is 34.4 Å². The molecule has 0 saturated heterocycles. The topological polar surface area (TPSA) is 91.2 Å². The average Bonchev–Trinajstić information content (AvgIpc) is 3.28. The third kappa shape index (κ3) is 5.89. The molecule has 182 valence electrons. The highest BCUT2D eigenvalue weighted by atomic mass is 32.2. The van der Waals surface area contributed by atoms with Gasteiger partial charge >= 0.3 is 6.18 Å². The summed E-state index contributed by atoms with van der Waals surface area (Å²) in [6, 6.07) is 12.3. The molecule has 0 atom stereocenters. The van der Waals surface area contributed by atoms with Crippen LogP contribution in [0, 0.1) is 0 Å². The molecule has 2 aromatic carbocycles. The number of halogens is 3. The fourth-order valence-corrected chi connectivity index (χ4v) is 3.94. The number of thioether (sulfide) groups is 1. The molecule has 0 fully saturated rings. The van der Waals surface area contributed by atoms with Gasteiger partial charge in [-0.25, -0.2) is 14.6 Å². The monoisotopic (exact) mass is 503 g/mol. The Morgan fingerprint density at radius 2 is 1.91 bits per heavy atom. The molecule has 0 aliphatic rings. The Morgan fingerprint density at radius 1 is 1.11 bits per heavy atom. The molecule has 0 saturated carbocycles. The molecule has 0 aliphatic heterocycles. The van der Waals surface area contributed by atoms with Gasteiger partial charge in [0.05, 0.1) is 40.9 Å². The summed E-state index contributed by atoms with van der Waals surface area (Å²) in [6.07, 6.45) is -1.58. The number of fused-ring (bicyclic) bond motifs is 1. The maximum Gasteiger partial charge on any atom is 0.416 e. The Bertz CT molecular complexity index is 1320. The number of nitrogens with zero attached hydrogens (tertiary/aromatic N) is 4. The molecule has 0 aliphatic carbocycles. The largest absolute Gasteiger partial charge is 0.489 e. The van der Waals surface area contributed by atoms with Crippen LogP contribution in [0.2, 0.25) is 0 Å². The van der Waals surface area contributed by atoms with Gasteiger partial charge in [-0.2, -0.15) is 18.3 Å². The molecule has 12 heteroatoms. The first-order valence-corrected chi connectivity index (χ1v) is 11.3. The smallest absolute Gasteiger partial charge is 0.416 e. The summed E-state index contributed by atoms with van der Waals surface area (Å²) in [6.45, 7) is 0.356. The summed E-state index contributed by atoms with van der Waals surface area (Å²) in [5.41, 5.74) is 0.415. The van der Waals surface area contributed by atoms with Crippen molar-refractivity contribution in [2.45, 2.75) is 11.2 Å². The van der Waals surface area contributed by atoms with E-state index in [1.54, 1.807) is 10.9 Å². The molecule has 1 amide bonds. The quantitative estimate of drug-likeness (QED) is 0.203. The molecule has 0 radical (unpaired) electrons. The number of amides is 1. The van der Waals surface area contributed by atoms with Crippen LogP contribution in [-0.4, -0.2) is 51.7 Å². The van der Waals surface area contributed by atoms with Gasteiger partial charge in [0.1, 0.15) is 23.7 Å². The molecule has 0 spiro atoms. The predicted octanol–water partition coefficient (Wildman–Crippen LogP) is 4.59. The van der Waals surface area contributed by atoms with Crippen LogP contribution in [0.3, 0.4) is 0 Å². The van der Waals surface area contributed by atoms with Crippen LogP contribution >= 0.6 is 11.8 Å². The van der Waals surface area contributed by atoms with Crippen molar-refractivity contribution in [1.82, 2.24) is 19.7 Å². The zero-order valence-electron chi connectivity index (χ0n) is 18.5. The van der Waals surface area contributed by atoms with Crippen LogP contribution in [0.4, 0.5) is 18.9 Å². The molecular formula is C23H20F3N5O3S. The minimum atomic E-state index is -4.56. The van der Waals surface area contributed by atoms with Gasteiger partial charge in [-0.05, 0) is 30.3 Å². The fourth-order valence-electron chi connectivity index (χ4n) is 3.18. The standard InChI is InChI=1S/C23H20F3N5O3S/c1-33-9-10-34-19-8-7-15(23(24,25)26)11-18(19)30-20(32)13-35-22-17-12-29-31(21(17)27-14-28-22)16-5-3-2-4-6-16/h2-8,11-12,14H,9-10,13H2,1H3,(H,30,32). The van der Waals surface area contributed by atoms with Crippen LogP contribution in [0.1, 0.15) is 5.56 Å². The van der Waals surface area contributed by atoms with Gasteiger partial charge in [0.15, 0.2) is 5.65 Å². The second-order valence-corrected chi connectivity index (χ2v) is 8.16. The first-order valence-electron chi connectivity index (χ1n) is 10.4. The number of nitrogens with one attached hydrogen (secondary N) is 1. The van der Waals surface area contributed by atoms with Gasteiger partial charge < -0.3 is 14.8 Å². The lowest BCUT2D eigenvalue weighted by molar-refractivity contribution is -0.137. The molecule has 0 unspecified atom stereocenters. The second-order valence-electron chi connectivity index (χ2n) is 7.19. The first kappa shape index (κ1) is 24.5. The van der Waals surface area contributed by atoms with Crippen LogP contribution in [0.5, 0.6) is 5.75 Å². The normalized spacial score (nSPS) is 11.5. The predicted molar refractivity (Wildman–Crippen MR) is 125 cm³/mol. The third-order valence-corrected chi connectivity index (χ3v) is 5.80. The van der Waals surface area contributed by atoms with Gasteiger partial charge in [0.25, 0.3) is 0 Å². The van der Waals surface area contributed by atoms with E-state index in [0.717, 1.165) is 29.6 Å². The summed E-state index contributed by atoms with van der Waals surface area (Å²) >= 11 is 1.12. The number of para-hydroxylation sites is 1. The van der Waals surface area contributed by atoms with Crippen molar-refractivity contribution in [3.63, 3.8) is 0 Å². The van der Waals surface area contributed by atoms with Crippen molar-refractivity contribution in [3.8, 4) is 11.4 Å². The van der Waals surface area contributed by atoms with Crippen molar-refractivity contribution in [2.75, 3.05) is 31.4 Å². The Hall–Kier alpha value is -3.64. The number of carbonyl (C=O) groups is 1. The van der Waals surface area contributed by atoms with Crippen LogP contribution in [0.25, 0.3) is 16.7 Å². The van der Waals surface area contributed by atoms with Gasteiger partial charge in [-0.3, -0.25) is 4.79 Å². The maximum absolute atomic E-state index is 13.2. The number of hydrogen-bond donors (Lipinski definition) is 1. The number of anilines is 1. The molecule has 4 rings (SSSR count). The molecule has 35 heavy (non-hydrogen) atoms. The summed E-state index contributed by atoms with van der Waals surface area (Å²) in [4.78, 5) is 21.2. The third-order valence-electron chi connectivity index (χ3n) is 4.80. The van der Waals surface area contributed by atoms with Gasteiger partial charge in [0.2, 0.25) is 5.91 Å². The summed E-state index contributed by atoms with van der Waals surface area (Å²) in [5, 5.41) is 8.05. The average molecular weight is 504 g/mol. The Morgan fingerprint density at radius 3 is 2.66 bits per heavy atom. The van der Waals surface area contributed by atoms with Gasteiger partial charge in [-0.1, -0.05) is 30.0 Å². The highest BCUT2D eigenvalue weighted by molar-refractivity contribution is 8.00.